The molecule has 0 aromatic heterocycles. The lowest BCUT2D eigenvalue weighted by Gasteiger charge is -2.41. The number of allylic oxidation sites excluding steroid dienone is 2. The fourth-order valence-corrected chi connectivity index (χ4v) is 3.36. The summed E-state index contributed by atoms with van der Waals surface area (Å²) in [6.07, 6.45) is 6.94. The molecule has 120 valence electrons. The number of hydrogen-bond donors (Lipinski definition) is 1. The molecule has 2 heteroatoms. The maximum Gasteiger partial charge on any atom is 0.169 e. The Morgan fingerprint density at radius 2 is 1.91 bits per heavy atom. The average Bonchev–Trinajstić information content (AvgIpc) is 2.44. The molecule has 2 nitrogen and oxygen atoms in total. The van der Waals surface area contributed by atoms with E-state index in [0.717, 1.165) is 12.8 Å². The van der Waals surface area contributed by atoms with E-state index in [1.807, 2.05) is 37.3 Å². The number of carbonyl (C=O) groups is 1. The zero-order valence-corrected chi connectivity index (χ0v) is 14.2. The quantitative estimate of drug-likeness (QED) is 0.652. The van der Waals surface area contributed by atoms with Crippen LogP contribution in [0.25, 0.3) is 0 Å². The highest BCUT2D eigenvalue weighted by molar-refractivity contribution is 5.99. The van der Waals surface area contributed by atoms with E-state index < -0.39 is 5.60 Å². The Labute approximate surface area is 134 Å². The van der Waals surface area contributed by atoms with Gasteiger partial charge in [0.1, 0.15) is 0 Å². The van der Waals surface area contributed by atoms with Crippen LogP contribution >= 0.6 is 0 Å². The first-order valence-electron chi connectivity index (χ1n) is 8.22. The number of rotatable bonds is 3. The van der Waals surface area contributed by atoms with Crippen LogP contribution < -0.4 is 0 Å². The minimum atomic E-state index is -0.932. The molecule has 1 N–H and O–H groups in total. The predicted octanol–water partition coefficient (Wildman–Crippen LogP) is 4.64. The van der Waals surface area contributed by atoms with Crippen LogP contribution in [-0.4, -0.2) is 16.5 Å². The average molecular weight is 300 g/mol. The Bertz CT molecular complexity index is 535. The van der Waals surface area contributed by atoms with Gasteiger partial charge in [-0.2, -0.15) is 0 Å². The number of Topliss-reactive ketones (excluding diaryl/α,β-unsaturated/α-hetero) is 1. The Kier molecular flexibility index (Phi) is 4.91. The van der Waals surface area contributed by atoms with Crippen molar-refractivity contribution in [1.29, 1.82) is 0 Å². The van der Waals surface area contributed by atoms with E-state index in [0.29, 0.717) is 12.0 Å². The number of hydrogen-bond acceptors (Lipinski definition) is 2. The van der Waals surface area contributed by atoms with Gasteiger partial charge in [0.2, 0.25) is 0 Å². The Morgan fingerprint density at radius 3 is 2.50 bits per heavy atom. The van der Waals surface area contributed by atoms with Crippen molar-refractivity contribution in [1.82, 2.24) is 0 Å². The third kappa shape index (κ3) is 4.07. The van der Waals surface area contributed by atoms with Crippen molar-refractivity contribution >= 4 is 5.78 Å². The van der Waals surface area contributed by atoms with Crippen LogP contribution in [0.1, 0.15) is 57.3 Å². The third-order valence-corrected chi connectivity index (χ3v) is 4.50. The summed E-state index contributed by atoms with van der Waals surface area (Å²) >= 11 is 0. The lowest BCUT2D eigenvalue weighted by Crippen LogP contribution is -2.46. The molecule has 1 fully saturated rings. The van der Waals surface area contributed by atoms with Crippen LogP contribution in [0.2, 0.25) is 0 Å². The fourth-order valence-electron chi connectivity index (χ4n) is 3.36. The molecule has 0 heterocycles. The van der Waals surface area contributed by atoms with Crippen LogP contribution in [0.4, 0.5) is 0 Å². The van der Waals surface area contributed by atoms with Gasteiger partial charge < -0.3 is 5.11 Å². The van der Waals surface area contributed by atoms with Crippen LogP contribution in [0, 0.1) is 17.3 Å². The number of aliphatic hydroxyl groups is 1. The fraction of sp³-hybridized carbons (Fsp3) is 0.550. The highest BCUT2D eigenvalue weighted by Gasteiger charge is 2.44. The highest BCUT2D eigenvalue weighted by atomic mass is 16.3. The summed E-state index contributed by atoms with van der Waals surface area (Å²) in [5.74, 6) is -0.188. The topological polar surface area (TPSA) is 37.3 Å². The van der Waals surface area contributed by atoms with Crippen LogP contribution in [0.5, 0.6) is 0 Å². The lowest BCUT2D eigenvalue weighted by molar-refractivity contribution is -0.0359. The standard InChI is InChI=1S/C20H28O2/c1-19(2,3)14-12-15-11-8-13-20(4,22)17(15)18(21)16-9-6-5-7-10-16/h5-7,9-10,12,14-15,17,22H,8,11,13H2,1-4H3/b14-12+/t15-,17+,20+/m1/s1. The zero-order chi connectivity index (χ0) is 16.4. The molecule has 0 amide bonds. The molecule has 0 unspecified atom stereocenters. The van der Waals surface area contributed by atoms with Gasteiger partial charge in [-0.25, -0.2) is 0 Å². The second-order valence-corrected chi connectivity index (χ2v) is 7.85. The summed E-state index contributed by atoms with van der Waals surface area (Å²) in [7, 11) is 0. The van der Waals surface area contributed by atoms with Gasteiger partial charge >= 0.3 is 0 Å². The van der Waals surface area contributed by atoms with Gasteiger partial charge in [-0.1, -0.05) is 63.3 Å². The van der Waals surface area contributed by atoms with Crippen molar-refractivity contribution in [2.75, 3.05) is 0 Å². The maximum atomic E-state index is 13.0. The molecule has 1 aliphatic rings. The van der Waals surface area contributed by atoms with Gasteiger partial charge in [0.25, 0.3) is 0 Å². The monoisotopic (exact) mass is 300 g/mol. The van der Waals surface area contributed by atoms with E-state index in [-0.39, 0.29) is 23.0 Å². The van der Waals surface area contributed by atoms with Gasteiger partial charge in [-0.15, -0.1) is 0 Å². The molecule has 1 saturated carbocycles. The number of benzene rings is 1. The summed E-state index contributed by atoms with van der Waals surface area (Å²) < 4.78 is 0. The molecule has 0 saturated heterocycles. The van der Waals surface area contributed by atoms with Crippen LogP contribution in [0.3, 0.4) is 0 Å². The Hall–Kier alpha value is -1.41. The second-order valence-electron chi connectivity index (χ2n) is 7.85. The summed E-state index contributed by atoms with van der Waals surface area (Å²) in [5, 5.41) is 10.8. The summed E-state index contributed by atoms with van der Waals surface area (Å²) in [4.78, 5) is 13.0. The van der Waals surface area contributed by atoms with Crippen molar-refractivity contribution in [2.24, 2.45) is 17.3 Å². The SMILES string of the molecule is CC(C)(C)/C=C/[C@H]1CCC[C@](C)(O)[C@@H]1C(=O)c1ccccc1. The molecule has 2 rings (SSSR count). The zero-order valence-electron chi connectivity index (χ0n) is 14.2. The van der Waals surface area contributed by atoms with Crippen molar-refractivity contribution in [3.8, 4) is 0 Å². The smallest absolute Gasteiger partial charge is 0.169 e. The van der Waals surface area contributed by atoms with E-state index in [4.69, 9.17) is 0 Å². The van der Waals surface area contributed by atoms with Gasteiger partial charge in [0.05, 0.1) is 11.5 Å². The Morgan fingerprint density at radius 1 is 1.27 bits per heavy atom. The van der Waals surface area contributed by atoms with E-state index in [1.54, 1.807) is 0 Å². The van der Waals surface area contributed by atoms with Crippen molar-refractivity contribution < 1.29 is 9.90 Å². The maximum absolute atomic E-state index is 13.0. The molecule has 0 spiro atoms. The molecule has 1 aromatic carbocycles. The van der Waals surface area contributed by atoms with Crippen molar-refractivity contribution in [3.63, 3.8) is 0 Å². The van der Waals surface area contributed by atoms with Crippen molar-refractivity contribution in [3.05, 3.63) is 48.0 Å². The van der Waals surface area contributed by atoms with Crippen molar-refractivity contribution in [2.45, 2.75) is 52.6 Å². The Balaban J connectivity index is 2.32. The highest BCUT2D eigenvalue weighted by Crippen LogP contribution is 2.41. The molecular formula is C20H28O2. The van der Waals surface area contributed by atoms with E-state index >= 15 is 0 Å². The van der Waals surface area contributed by atoms with Gasteiger partial charge in [-0.3, -0.25) is 4.79 Å². The molecule has 0 radical (unpaired) electrons. The predicted molar refractivity (Wildman–Crippen MR) is 90.8 cm³/mol. The largest absolute Gasteiger partial charge is 0.389 e. The molecule has 22 heavy (non-hydrogen) atoms. The molecule has 0 bridgehead atoms. The summed E-state index contributed by atoms with van der Waals surface area (Å²) in [6, 6.07) is 9.36. The first-order valence-corrected chi connectivity index (χ1v) is 8.22. The number of ketones is 1. The third-order valence-electron chi connectivity index (χ3n) is 4.50. The minimum absolute atomic E-state index is 0.0638. The lowest BCUT2D eigenvalue weighted by atomic mass is 9.66. The molecule has 0 aliphatic heterocycles. The first-order chi connectivity index (χ1) is 10.2. The van der Waals surface area contributed by atoms with Crippen LogP contribution in [-0.2, 0) is 0 Å². The van der Waals surface area contributed by atoms with E-state index in [1.165, 1.54) is 0 Å². The molecule has 1 aliphatic carbocycles. The van der Waals surface area contributed by atoms with Gasteiger partial charge in [0.15, 0.2) is 5.78 Å². The van der Waals surface area contributed by atoms with Crippen LogP contribution in [0.15, 0.2) is 42.5 Å². The molecule has 3 atom stereocenters. The van der Waals surface area contributed by atoms with Gasteiger partial charge in [0, 0.05) is 5.56 Å². The second kappa shape index (κ2) is 6.37. The summed E-state index contributed by atoms with van der Waals surface area (Å²) in [6.45, 7) is 8.27. The van der Waals surface area contributed by atoms with E-state index in [2.05, 4.69) is 32.9 Å². The van der Waals surface area contributed by atoms with E-state index in [9.17, 15) is 9.90 Å². The first kappa shape index (κ1) is 17.0. The number of carbonyl (C=O) groups excluding carboxylic acids is 1. The molecular weight excluding hydrogens is 272 g/mol. The minimum Gasteiger partial charge on any atom is -0.389 e. The molecule has 1 aromatic rings. The van der Waals surface area contributed by atoms with Gasteiger partial charge in [-0.05, 0) is 37.5 Å². The summed E-state index contributed by atoms with van der Waals surface area (Å²) in [5.41, 5.74) is -0.148. The normalized spacial score (nSPS) is 29.7.